The Hall–Kier alpha value is -2.32. The number of benzene rings is 1. The van der Waals surface area contributed by atoms with Crippen LogP contribution in [0.2, 0.25) is 0 Å². The maximum atomic E-state index is 12.3. The topological polar surface area (TPSA) is 62.1 Å². The first kappa shape index (κ1) is 17.5. The molecule has 0 saturated heterocycles. The number of ether oxygens (including phenoxy) is 1. The summed E-state index contributed by atoms with van der Waals surface area (Å²) in [6.45, 7) is 2.24. The smallest absolute Gasteiger partial charge is 0.225 e. The Kier molecular flexibility index (Phi) is 5.40. The Morgan fingerprint density at radius 3 is 2.84 bits per heavy atom. The van der Waals surface area contributed by atoms with Gasteiger partial charge in [0.25, 0.3) is 0 Å². The number of methoxy groups -OCH3 is 1. The van der Waals surface area contributed by atoms with Crippen LogP contribution in [0.3, 0.4) is 0 Å². The van der Waals surface area contributed by atoms with E-state index < -0.39 is 0 Å². The van der Waals surface area contributed by atoms with E-state index in [9.17, 15) is 10.1 Å². The largest absolute Gasteiger partial charge is 0.497 e. The Bertz CT molecular complexity index is 802. The summed E-state index contributed by atoms with van der Waals surface area (Å²) in [7, 11) is 1.64. The molecule has 130 valence electrons. The monoisotopic (exact) mass is 354 g/mol. The second kappa shape index (κ2) is 7.71. The van der Waals surface area contributed by atoms with Crippen molar-refractivity contribution >= 4 is 22.2 Å². The first-order valence-electron chi connectivity index (χ1n) is 8.58. The summed E-state index contributed by atoms with van der Waals surface area (Å²) >= 11 is 1.57. The first-order valence-corrected chi connectivity index (χ1v) is 9.39. The maximum absolute atomic E-state index is 12.3. The van der Waals surface area contributed by atoms with Gasteiger partial charge >= 0.3 is 0 Å². The van der Waals surface area contributed by atoms with Crippen molar-refractivity contribution < 1.29 is 9.53 Å². The van der Waals surface area contributed by atoms with Crippen LogP contribution in [-0.2, 0) is 24.1 Å². The molecule has 1 atom stereocenters. The lowest BCUT2D eigenvalue weighted by atomic mass is 9.88. The number of thiophene rings is 1. The van der Waals surface area contributed by atoms with Gasteiger partial charge in [-0.3, -0.25) is 4.79 Å². The molecule has 0 saturated carbocycles. The molecule has 1 aliphatic rings. The minimum atomic E-state index is -0.0426. The van der Waals surface area contributed by atoms with Crippen LogP contribution in [0.4, 0.5) is 5.00 Å². The Balaban J connectivity index is 1.64. The van der Waals surface area contributed by atoms with E-state index in [2.05, 4.69) is 18.3 Å². The van der Waals surface area contributed by atoms with Crippen LogP contribution < -0.4 is 10.1 Å². The quantitative estimate of drug-likeness (QED) is 0.869. The van der Waals surface area contributed by atoms with Crippen molar-refractivity contribution in [2.24, 2.45) is 5.92 Å². The lowest BCUT2D eigenvalue weighted by Crippen LogP contribution is -2.12. The molecule has 0 spiro atoms. The molecule has 1 aromatic carbocycles. The zero-order valence-corrected chi connectivity index (χ0v) is 15.4. The van der Waals surface area contributed by atoms with Gasteiger partial charge in [-0.05, 0) is 54.9 Å². The van der Waals surface area contributed by atoms with Crippen LogP contribution in [0.5, 0.6) is 5.75 Å². The molecule has 1 heterocycles. The van der Waals surface area contributed by atoms with Crippen molar-refractivity contribution in [2.45, 2.75) is 39.0 Å². The SMILES string of the molecule is COc1ccc(CCC(=O)Nc2sc3c(c2C#N)CC[C@@H](C)C3)cc1. The van der Waals surface area contributed by atoms with E-state index in [4.69, 9.17) is 4.74 Å². The highest BCUT2D eigenvalue weighted by Gasteiger charge is 2.24. The van der Waals surface area contributed by atoms with E-state index in [1.165, 1.54) is 4.88 Å². The number of nitrogens with zero attached hydrogens (tertiary/aromatic N) is 1. The fourth-order valence-electron chi connectivity index (χ4n) is 3.20. The molecule has 0 bridgehead atoms. The zero-order chi connectivity index (χ0) is 17.8. The average Bonchev–Trinajstić information content (AvgIpc) is 2.96. The second-order valence-corrected chi connectivity index (χ2v) is 7.67. The van der Waals surface area contributed by atoms with Gasteiger partial charge < -0.3 is 10.1 Å². The molecule has 1 N–H and O–H groups in total. The van der Waals surface area contributed by atoms with Crippen LogP contribution in [0.15, 0.2) is 24.3 Å². The molecular formula is C20H22N2O2S. The third kappa shape index (κ3) is 4.02. The van der Waals surface area contributed by atoms with E-state index in [0.29, 0.717) is 24.3 Å². The summed E-state index contributed by atoms with van der Waals surface area (Å²) in [6.07, 6.45) is 4.13. The molecule has 0 fully saturated rings. The number of aryl methyl sites for hydroxylation is 1. The molecule has 25 heavy (non-hydrogen) atoms. The lowest BCUT2D eigenvalue weighted by molar-refractivity contribution is -0.116. The standard InChI is InChI=1S/C20H22N2O2S/c1-13-3-9-16-17(12-21)20(25-18(16)11-13)22-19(23)10-6-14-4-7-15(24-2)8-5-14/h4-5,7-8,13H,3,6,9-11H2,1-2H3,(H,22,23)/t13-/m1/s1. The minimum absolute atomic E-state index is 0.0426. The molecule has 0 unspecified atom stereocenters. The Labute approximate surface area is 152 Å². The van der Waals surface area contributed by atoms with Gasteiger partial charge in [0.2, 0.25) is 5.91 Å². The Morgan fingerprint density at radius 2 is 2.16 bits per heavy atom. The van der Waals surface area contributed by atoms with Crippen molar-refractivity contribution in [3.63, 3.8) is 0 Å². The molecular weight excluding hydrogens is 332 g/mol. The van der Waals surface area contributed by atoms with Gasteiger partial charge in [-0.2, -0.15) is 5.26 Å². The van der Waals surface area contributed by atoms with Crippen LogP contribution in [0.1, 0.15) is 41.3 Å². The predicted octanol–water partition coefficient (Wildman–Crippen LogP) is 4.32. The third-order valence-electron chi connectivity index (χ3n) is 4.68. The minimum Gasteiger partial charge on any atom is -0.497 e. The molecule has 1 amide bonds. The van der Waals surface area contributed by atoms with E-state index in [1.54, 1.807) is 18.4 Å². The molecule has 4 nitrogen and oxygen atoms in total. The number of hydrogen-bond donors (Lipinski definition) is 1. The molecule has 2 aromatic rings. The summed E-state index contributed by atoms with van der Waals surface area (Å²) in [5.41, 5.74) is 2.91. The summed E-state index contributed by atoms with van der Waals surface area (Å²) in [6, 6.07) is 10.0. The van der Waals surface area contributed by atoms with E-state index >= 15 is 0 Å². The highest BCUT2D eigenvalue weighted by molar-refractivity contribution is 7.16. The van der Waals surface area contributed by atoms with Gasteiger partial charge in [-0.1, -0.05) is 19.1 Å². The van der Waals surface area contributed by atoms with Gasteiger partial charge in [0.05, 0.1) is 12.7 Å². The number of anilines is 1. The van der Waals surface area contributed by atoms with Crippen molar-refractivity contribution in [2.75, 3.05) is 12.4 Å². The van der Waals surface area contributed by atoms with Crippen molar-refractivity contribution in [1.29, 1.82) is 5.26 Å². The first-order chi connectivity index (χ1) is 12.1. The number of fused-ring (bicyclic) bond motifs is 1. The van der Waals surface area contributed by atoms with Crippen molar-refractivity contribution in [1.82, 2.24) is 0 Å². The highest BCUT2D eigenvalue weighted by Crippen LogP contribution is 2.39. The highest BCUT2D eigenvalue weighted by atomic mass is 32.1. The molecule has 0 radical (unpaired) electrons. The summed E-state index contributed by atoms with van der Waals surface area (Å²) in [5, 5.41) is 13.2. The third-order valence-corrected chi connectivity index (χ3v) is 5.85. The van der Waals surface area contributed by atoms with Crippen LogP contribution in [0, 0.1) is 17.2 Å². The van der Waals surface area contributed by atoms with Gasteiger partial charge in [0, 0.05) is 11.3 Å². The Morgan fingerprint density at radius 1 is 1.40 bits per heavy atom. The average molecular weight is 354 g/mol. The van der Waals surface area contributed by atoms with Gasteiger partial charge in [-0.25, -0.2) is 0 Å². The van der Waals surface area contributed by atoms with Crippen LogP contribution in [0.25, 0.3) is 0 Å². The predicted molar refractivity (Wildman–Crippen MR) is 100 cm³/mol. The number of carbonyl (C=O) groups excluding carboxylic acids is 1. The normalized spacial score (nSPS) is 16.0. The van der Waals surface area contributed by atoms with Crippen LogP contribution in [-0.4, -0.2) is 13.0 Å². The van der Waals surface area contributed by atoms with Crippen molar-refractivity contribution in [3.05, 3.63) is 45.8 Å². The van der Waals surface area contributed by atoms with E-state index in [-0.39, 0.29) is 5.91 Å². The lowest BCUT2D eigenvalue weighted by Gasteiger charge is -2.17. The number of nitrogens with one attached hydrogen (secondary N) is 1. The zero-order valence-electron chi connectivity index (χ0n) is 14.6. The van der Waals surface area contributed by atoms with Crippen LogP contribution >= 0.6 is 11.3 Å². The fourth-order valence-corrected chi connectivity index (χ4v) is 4.57. The second-order valence-electron chi connectivity index (χ2n) is 6.56. The molecule has 3 rings (SSSR count). The number of rotatable bonds is 5. The van der Waals surface area contributed by atoms with Gasteiger partial charge in [-0.15, -0.1) is 11.3 Å². The number of hydrogen-bond acceptors (Lipinski definition) is 4. The van der Waals surface area contributed by atoms with Crippen molar-refractivity contribution in [3.8, 4) is 11.8 Å². The summed E-state index contributed by atoms with van der Waals surface area (Å²) in [5.74, 6) is 1.42. The number of nitriles is 1. The molecule has 0 aliphatic heterocycles. The maximum Gasteiger partial charge on any atom is 0.225 e. The molecule has 1 aromatic heterocycles. The number of amides is 1. The van der Waals surface area contributed by atoms with Gasteiger partial charge in [0.15, 0.2) is 0 Å². The van der Waals surface area contributed by atoms with E-state index in [0.717, 1.165) is 41.1 Å². The summed E-state index contributed by atoms with van der Waals surface area (Å²) < 4.78 is 5.14. The molecule has 1 aliphatic carbocycles. The fraction of sp³-hybridized carbons (Fsp3) is 0.400. The van der Waals surface area contributed by atoms with Gasteiger partial charge in [0.1, 0.15) is 16.8 Å². The summed E-state index contributed by atoms with van der Waals surface area (Å²) in [4.78, 5) is 13.6. The van der Waals surface area contributed by atoms with E-state index in [1.807, 2.05) is 24.3 Å². The number of carbonyl (C=O) groups is 1. The molecule has 5 heteroatoms.